The number of halogens is 1. The minimum Gasteiger partial charge on any atom is -0.158 e. The Balaban J connectivity index is 0.000000853. The Morgan fingerprint density at radius 1 is 0.867 bits per heavy atom. The van der Waals surface area contributed by atoms with Crippen molar-refractivity contribution in [3.63, 3.8) is 0 Å². The summed E-state index contributed by atoms with van der Waals surface area (Å²) < 4.78 is 0. The molecule has 15 heavy (non-hydrogen) atoms. The van der Waals surface area contributed by atoms with Crippen LogP contribution in [-0.4, -0.2) is 10.2 Å². The monoisotopic (exact) mass is 216 g/mol. The zero-order chi connectivity index (χ0) is 9.38. The molecule has 0 N–H and O–H groups in total. The van der Waals surface area contributed by atoms with Gasteiger partial charge in [0.05, 0.1) is 11.9 Å². The Hall–Kier alpha value is -1.67. The van der Waals surface area contributed by atoms with Crippen LogP contribution in [0.15, 0.2) is 48.7 Å². The normalized spacial score (nSPS) is 10.1. The van der Waals surface area contributed by atoms with Crippen molar-refractivity contribution in [1.29, 1.82) is 0 Å². The van der Waals surface area contributed by atoms with Crippen LogP contribution in [0.4, 0.5) is 0 Å². The van der Waals surface area contributed by atoms with E-state index in [1.54, 1.807) is 0 Å². The summed E-state index contributed by atoms with van der Waals surface area (Å²) >= 11 is 0. The molecule has 0 bridgehead atoms. The molecule has 1 aliphatic carbocycles. The van der Waals surface area contributed by atoms with E-state index in [0.29, 0.717) is 0 Å². The van der Waals surface area contributed by atoms with Gasteiger partial charge in [-0.15, -0.1) is 12.4 Å². The van der Waals surface area contributed by atoms with Crippen LogP contribution < -0.4 is 0 Å². The lowest BCUT2D eigenvalue weighted by atomic mass is 10.1. The van der Waals surface area contributed by atoms with Crippen molar-refractivity contribution in [2.24, 2.45) is 0 Å². The van der Waals surface area contributed by atoms with Crippen LogP contribution in [0, 0.1) is 0 Å². The van der Waals surface area contributed by atoms with Gasteiger partial charge >= 0.3 is 0 Å². The molecule has 1 aliphatic heterocycles. The van der Waals surface area contributed by atoms with Gasteiger partial charge in [0.15, 0.2) is 0 Å². The Morgan fingerprint density at radius 2 is 1.67 bits per heavy atom. The molecule has 2 nitrogen and oxygen atoms in total. The highest BCUT2D eigenvalue weighted by Gasteiger charge is 2.06. The van der Waals surface area contributed by atoms with Crippen LogP contribution in [-0.2, 0) is 0 Å². The number of rotatable bonds is 0. The largest absolute Gasteiger partial charge is 0.158 e. The van der Waals surface area contributed by atoms with Crippen molar-refractivity contribution in [3.8, 4) is 11.3 Å². The van der Waals surface area contributed by atoms with E-state index in [4.69, 9.17) is 0 Å². The van der Waals surface area contributed by atoms with Crippen molar-refractivity contribution in [2.75, 3.05) is 0 Å². The summed E-state index contributed by atoms with van der Waals surface area (Å²) in [4.78, 5) is 0. The topological polar surface area (TPSA) is 25.8 Å². The van der Waals surface area contributed by atoms with Crippen LogP contribution in [0.5, 0.6) is 0 Å². The summed E-state index contributed by atoms with van der Waals surface area (Å²) in [5, 5.41) is 10.4. The summed E-state index contributed by atoms with van der Waals surface area (Å²) in [5.74, 6) is 0. The molecule has 3 heteroatoms. The van der Waals surface area contributed by atoms with Crippen LogP contribution in [0.25, 0.3) is 22.0 Å². The molecule has 0 saturated heterocycles. The second-order valence-electron chi connectivity index (χ2n) is 3.26. The number of hydrogen-bond donors (Lipinski definition) is 0. The summed E-state index contributed by atoms with van der Waals surface area (Å²) in [6.45, 7) is 0. The van der Waals surface area contributed by atoms with Crippen LogP contribution in [0.3, 0.4) is 0 Å². The molecule has 0 spiro atoms. The van der Waals surface area contributed by atoms with E-state index in [-0.39, 0.29) is 12.4 Å². The van der Waals surface area contributed by atoms with Crippen molar-refractivity contribution in [1.82, 2.24) is 10.2 Å². The number of hydrogen-bond acceptors (Lipinski definition) is 2. The molecule has 1 aromatic rings. The van der Waals surface area contributed by atoms with Gasteiger partial charge < -0.3 is 0 Å². The Kier molecular flexibility index (Phi) is 2.52. The molecule has 3 rings (SSSR count). The molecule has 0 saturated carbocycles. The fraction of sp³-hybridized carbons (Fsp3) is 0. The third kappa shape index (κ3) is 1.53. The van der Waals surface area contributed by atoms with Gasteiger partial charge in [0, 0.05) is 5.56 Å². The molecule has 2 aliphatic rings. The molecule has 0 unspecified atom stereocenters. The second-order valence-corrected chi connectivity index (χ2v) is 3.26. The zero-order valence-electron chi connectivity index (χ0n) is 7.92. The summed E-state index contributed by atoms with van der Waals surface area (Å²) in [6, 6.07) is 14.4. The van der Waals surface area contributed by atoms with E-state index < -0.39 is 0 Å². The van der Waals surface area contributed by atoms with E-state index >= 15 is 0 Å². The fourth-order valence-corrected chi connectivity index (χ4v) is 1.73. The smallest absolute Gasteiger partial charge is 0.0951 e. The fourth-order valence-electron chi connectivity index (χ4n) is 1.73. The van der Waals surface area contributed by atoms with Gasteiger partial charge in [-0.3, -0.25) is 0 Å². The van der Waals surface area contributed by atoms with Gasteiger partial charge in [-0.2, -0.15) is 10.2 Å². The first-order valence-corrected chi connectivity index (χ1v) is 4.54. The molecule has 0 fully saturated rings. The summed E-state index contributed by atoms with van der Waals surface area (Å²) in [5.41, 5.74) is 2.07. The van der Waals surface area contributed by atoms with Gasteiger partial charge in [0.25, 0.3) is 0 Å². The van der Waals surface area contributed by atoms with E-state index in [9.17, 15) is 0 Å². The van der Waals surface area contributed by atoms with Crippen LogP contribution in [0.2, 0.25) is 0 Å². The first kappa shape index (κ1) is 9.87. The first-order chi connectivity index (χ1) is 6.95. The van der Waals surface area contributed by atoms with Gasteiger partial charge in [0.2, 0.25) is 0 Å². The number of benzene rings is 1. The lowest BCUT2D eigenvalue weighted by Gasteiger charge is -1.94. The summed E-state index contributed by atoms with van der Waals surface area (Å²) in [6.07, 6.45) is 1.82. The highest BCUT2D eigenvalue weighted by atomic mass is 35.5. The summed E-state index contributed by atoms with van der Waals surface area (Å²) in [7, 11) is 0. The van der Waals surface area contributed by atoms with Crippen LogP contribution >= 0.6 is 12.4 Å². The zero-order valence-corrected chi connectivity index (χ0v) is 8.74. The molecule has 0 radical (unpaired) electrons. The Labute approximate surface area is 93.7 Å². The maximum absolute atomic E-state index is 4.06. The van der Waals surface area contributed by atoms with Crippen molar-refractivity contribution < 1.29 is 0 Å². The lowest BCUT2D eigenvalue weighted by molar-refractivity contribution is 1.10. The molecule has 1 aromatic carbocycles. The van der Waals surface area contributed by atoms with Gasteiger partial charge in [-0.1, -0.05) is 36.4 Å². The lowest BCUT2D eigenvalue weighted by Crippen LogP contribution is -1.72. The molecular weight excluding hydrogens is 208 g/mol. The molecule has 0 atom stereocenters. The second kappa shape index (κ2) is 3.83. The van der Waals surface area contributed by atoms with E-state index in [2.05, 4.69) is 28.4 Å². The molecule has 0 amide bonds. The third-order valence-electron chi connectivity index (χ3n) is 2.41. The molecular formula is C12H9ClN2. The predicted molar refractivity (Wildman–Crippen MR) is 63.4 cm³/mol. The standard InChI is InChI=1S/C12H8N2.ClH/c1-2-6-10-9(4-1)5-3-7-12-11(10)8-13-14-12;/h1-8H;1H. The van der Waals surface area contributed by atoms with Crippen molar-refractivity contribution >= 4 is 23.2 Å². The molecule has 74 valence electrons. The average molecular weight is 217 g/mol. The maximum atomic E-state index is 4.06. The first-order valence-electron chi connectivity index (χ1n) is 4.54. The van der Waals surface area contributed by atoms with Gasteiger partial charge in [-0.05, 0) is 16.8 Å². The Morgan fingerprint density at radius 3 is 2.60 bits per heavy atom. The van der Waals surface area contributed by atoms with E-state index in [1.807, 2.05) is 30.5 Å². The van der Waals surface area contributed by atoms with Crippen molar-refractivity contribution in [2.45, 2.75) is 0 Å². The van der Waals surface area contributed by atoms with E-state index in [0.717, 1.165) is 11.3 Å². The highest BCUT2D eigenvalue weighted by Crippen LogP contribution is 2.26. The third-order valence-corrected chi connectivity index (χ3v) is 2.41. The Bertz CT molecular complexity index is 565. The van der Waals surface area contributed by atoms with Gasteiger partial charge in [-0.25, -0.2) is 0 Å². The average Bonchev–Trinajstić information content (AvgIpc) is 2.61. The van der Waals surface area contributed by atoms with Crippen molar-refractivity contribution in [3.05, 3.63) is 48.7 Å². The highest BCUT2D eigenvalue weighted by molar-refractivity contribution is 5.95. The molecule has 1 heterocycles. The molecule has 0 aromatic heterocycles. The number of nitrogens with zero attached hydrogens (tertiary/aromatic N) is 2. The van der Waals surface area contributed by atoms with Gasteiger partial charge in [0.1, 0.15) is 0 Å². The van der Waals surface area contributed by atoms with Crippen LogP contribution in [0.1, 0.15) is 0 Å². The van der Waals surface area contributed by atoms with E-state index in [1.165, 1.54) is 10.8 Å². The minimum absolute atomic E-state index is 0. The minimum atomic E-state index is 0. The quantitative estimate of drug-likeness (QED) is 0.577. The number of aromatic nitrogens is 2. The number of fused-ring (bicyclic) bond motifs is 3. The predicted octanol–water partition coefficient (Wildman–Crippen LogP) is 3.16. The maximum Gasteiger partial charge on any atom is 0.0951 e. The SMILES string of the molecule is Cl.c1ccc2c3cnnc-3cccc2c1.